The molecule has 0 aromatic heterocycles. The lowest BCUT2D eigenvalue weighted by Crippen LogP contribution is -2.39. The smallest absolute Gasteiger partial charge is 0.223 e. The van der Waals surface area contributed by atoms with Crippen molar-refractivity contribution < 1.29 is 4.79 Å². The minimum atomic E-state index is 0. The monoisotopic (exact) mass is 541 g/mol. The van der Waals surface area contributed by atoms with Gasteiger partial charge in [-0.25, -0.2) is 0 Å². The van der Waals surface area contributed by atoms with E-state index in [-0.39, 0.29) is 29.9 Å². The minimum absolute atomic E-state index is 0. The molecule has 1 aromatic carbocycles. The molecule has 0 bridgehead atoms. The van der Waals surface area contributed by atoms with E-state index in [9.17, 15) is 4.79 Å². The lowest BCUT2D eigenvalue weighted by atomic mass is 9.94. The summed E-state index contributed by atoms with van der Waals surface area (Å²) in [6.45, 7) is 8.68. The first-order valence-electron chi connectivity index (χ1n) is 11.7. The molecule has 7 heteroatoms. The Morgan fingerprint density at radius 2 is 1.87 bits per heavy atom. The number of piperidine rings is 1. The predicted molar refractivity (Wildman–Crippen MR) is 139 cm³/mol. The number of amides is 1. The molecule has 0 aliphatic carbocycles. The number of aliphatic imine (C=N–C) groups is 1. The summed E-state index contributed by atoms with van der Waals surface area (Å²) in [7, 11) is 2.21. The van der Waals surface area contributed by atoms with E-state index in [2.05, 4.69) is 53.8 Å². The van der Waals surface area contributed by atoms with Gasteiger partial charge >= 0.3 is 0 Å². The topological polar surface area (TPSA) is 60.0 Å². The summed E-state index contributed by atoms with van der Waals surface area (Å²) >= 11 is 0. The number of guanidine groups is 1. The lowest BCUT2D eigenvalue weighted by Gasteiger charge is -2.29. The highest BCUT2D eigenvalue weighted by Gasteiger charge is 2.29. The molecule has 6 nitrogen and oxygen atoms in total. The third-order valence-electron chi connectivity index (χ3n) is 6.34. The molecule has 1 aromatic rings. The molecule has 2 aliphatic heterocycles. The quantitative estimate of drug-likeness (QED) is 0.287. The summed E-state index contributed by atoms with van der Waals surface area (Å²) in [5.74, 6) is 2.30. The van der Waals surface area contributed by atoms with Crippen LogP contribution >= 0.6 is 24.0 Å². The molecule has 2 aliphatic rings. The Labute approximate surface area is 205 Å². The van der Waals surface area contributed by atoms with E-state index in [1.54, 1.807) is 0 Å². The zero-order chi connectivity index (χ0) is 21.2. The van der Waals surface area contributed by atoms with Crippen molar-refractivity contribution in [2.24, 2.45) is 16.8 Å². The maximum atomic E-state index is 12.4. The molecule has 2 fully saturated rings. The summed E-state index contributed by atoms with van der Waals surface area (Å²) in [5.41, 5.74) is 1.29. The number of likely N-dealkylation sites (tertiary alicyclic amines) is 2. The number of carbonyl (C=O) groups is 1. The highest BCUT2D eigenvalue weighted by molar-refractivity contribution is 14.0. The molecule has 2 heterocycles. The van der Waals surface area contributed by atoms with Crippen molar-refractivity contribution in [1.82, 2.24) is 20.4 Å². The zero-order valence-electron chi connectivity index (χ0n) is 19.2. The number of halogens is 1. The predicted octanol–water partition coefficient (Wildman–Crippen LogP) is 2.98. The van der Waals surface area contributed by atoms with Crippen molar-refractivity contribution in [2.75, 3.05) is 52.9 Å². The molecule has 174 valence electrons. The van der Waals surface area contributed by atoms with Gasteiger partial charge in [0.1, 0.15) is 0 Å². The van der Waals surface area contributed by atoms with E-state index in [0.717, 1.165) is 44.5 Å². The lowest BCUT2D eigenvalue weighted by molar-refractivity contribution is -0.127. The van der Waals surface area contributed by atoms with Crippen LogP contribution in [0.2, 0.25) is 0 Å². The number of benzene rings is 1. The molecular weight excluding hydrogens is 501 g/mol. The summed E-state index contributed by atoms with van der Waals surface area (Å²) < 4.78 is 0. The minimum Gasteiger partial charge on any atom is -0.357 e. The molecule has 31 heavy (non-hydrogen) atoms. The van der Waals surface area contributed by atoms with Gasteiger partial charge in [0.15, 0.2) is 5.96 Å². The Kier molecular flexibility index (Phi) is 11.6. The molecule has 2 saturated heterocycles. The maximum Gasteiger partial charge on any atom is 0.223 e. The van der Waals surface area contributed by atoms with E-state index in [0.29, 0.717) is 18.9 Å². The van der Waals surface area contributed by atoms with Gasteiger partial charge in [0, 0.05) is 45.1 Å². The number of rotatable bonds is 9. The van der Waals surface area contributed by atoms with Gasteiger partial charge < -0.3 is 20.4 Å². The summed E-state index contributed by atoms with van der Waals surface area (Å²) in [4.78, 5) is 21.6. The van der Waals surface area contributed by atoms with Gasteiger partial charge in [-0.2, -0.15) is 0 Å². The van der Waals surface area contributed by atoms with Gasteiger partial charge in [0.2, 0.25) is 5.91 Å². The van der Waals surface area contributed by atoms with Gasteiger partial charge in [-0.3, -0.25) is 9.79 Å². The third-order valence-corrected chi connectivity index (χ3v) is 6.34. The molecule has 0 saturated carbocycles. The number of carbonyl (C=O) groups excluding carboxylic acids is 1. The first kappa shape index (κ1) is 25.9. The van der Waals surface area contributed by atoms with Gasteiger partial charge in [0.05, 0.1) is 0 Å². The van der Waals surface area contributed by atoms with Crippen LogP contribution in [0.5, 0.6) is 0 Å². The molecule has 1 amide bonds. The van der Waals surface area contributed by atoms with E-state index in [4.69, 9.17) is 4.99 Å². The van der Waals surface area contributed by atoms with Crippen molar-refractivity contribution >= 4 is 35.8 Å². The van der Waals surface area contributed by atoms with Crippen molar-refractivity contribution in [3.05, 3.63) is 35.9 Å². The number of hydrogen-bond acceptors (Lipinski definition) is 3. The fourth-order valence-corrected chi connectivity index (χ4v) is 4.41. The van der Waals surface area contributed by atoms with Crippen LogP contribution in [-0.2, 0) is 11.2 Å². The average molecular weight is 542 g/mol. The van der Waals surface area contributed by atoms with Crippen LogP contribution in [0.1, 0.15) is 38.2 Å². The van der Waals surface area contributed by atoms with Crippen LogP contribution in [0, 0.1) is 11.8 Å². The van der Waals surface area contributed by atoms with E-state index < -0.39 is 0 Å². The molecule has 0 radical (unpaired) electrons. The molecule has 2 N–H and O–H groups in total. The number of nitrogens with zero attached hydrogens (tertiary/aromatic N) is 3. The zero-order valence-corrected chi connectivity index (χ0v) is 21.5. The van der Waals surface area contributed by atoms with Crippen molar-refractivity contribution in [1.29, 1.82) is 0 Å². The van der Waals surface area contributed by atoms with Gasteiger partial charge in [-0.15, -0.1) is 24.0 Å². The van der Waals surface area contributed by atoms with Crippen LogP contribution in [0.25, 0.3) is 0 Å². The SMILES string of the molecule is CCNC(=NCC1CC(=O)N(CCc2ccccc2)C1)NCCC1CCN(C)CC1.I. The second kappa shape index (κ2) is 13.9. The molecule has 1 unspecified atom stereocenters. The highest BCUT2D eigenvalue weighted by Crippen LogP contribution is 2.19. The summed E-state index contributed by atoms with van der Waals surface area (Å²) in [6, 6.07) is 10.4. The fraction of sp³-hybridized carbons (Fsp3) is 0.667. The Bertz CT molecular complexity index is 676. The Morgan fingerprint density at radius 1 is 1.13 bits per heavy atom. The van der Waals surface area contributed by atoms with Crippen LogP contribution < -0.4 is 10.6 Å². The fourth-order valence-electron chi connectivity index (χ4n) is 4.41. The Balaban J connectivity index is 0.00000341. The molecule has 3 rings (SSSR count). The highest BCUT2D eigenvalue weighted by atomic mass is 127. The Morgan fingerprint density at radius 3 is 2.58 bits per heavy atom. The first-order chi connectivity index (χ1) is 14.6. The molecule has 1 atom stereocenters. The molecule has 0 spiro atoms. The summed E-state index contributed by atoms with van der Waals surface area (Å²) in [5, 5.41) is 6.85. The van der Waals surface area contributed by atoms with Crippen LogP contribution in [-0.4, -0.2) is 74.5 Å². The van der Waals surface area contributed by atoms with Crippen LogP contribution in [0.3, 0.4) is 0 Å². The van der Waals surface area contributed by atoms with Gasteiger partial charge in [-0.1, -0.05) is 30.3 Å². The van der Waals surface area contributed by atoms with E-state index in [1.165, 1.54) is 37.9 Å². The first-order valence-corrected chi connectivity index (χ1v) is 11.7. The number of nitrogens with one attached hydrogen (secondary N) is 2. The van der Waals surface area contributed by atoms with Crippen molar-refractivity contribution in [3.63, 3.8) is 0 Å². The average Bonchev–Trinajstić information content (AvgIpc) is 3.12. The van der Waals surface area contributed by atoms with Gasteiger partial charge in [-0.05, 0) is 64.2 Å². The van der Waals surface area contributed by atoms with Gasteiger partial charge in [0.25, 0.3) is 0 Å². The van der Waals surface area contributed by atoms with Crippen molar-refractivity contribution in [2.45, 2.75) is 39.0 Å². The normalized spacial score (nSPS) is 20.6. The van der Waals surface area contributed by atoms with Crippen LogP contribution in [0.4, 0.5) is 0 Å². The third kappa shape index (κ3) is 8.96. The van der Waals surface area contributed by atoms with E-state index >= 15 is 0 Å². The largest absolute Gasteiger partial charge is 0.357 e. The summed E-state index contributed by atoms with van der Waals surface area (Å²) in [6.07, 6.45) is 5.34. The van der Waals surface area contributed by atoms with E-state index in [1.807, 2.05) is 11.0 Å². The second-order valence-corrected chi connectivity index (χ2v) is 8.83. The second-order valence-electron chi connectivity index (χ2n) is 8.83. The maximum absolute atomic E-state index is 12.4. The standard InChI is InChI=1S/C24H39N5O.HI/c1-3-25-24(26-13-9-21-10-14-28(2)15-11-21)27-18-22-17-23(30)29(19-22)16-12-20-7-5-4-6-8-20;/h4-8,21-22H,3,9-19H2,1-2H3,(H2,25,26,27);1H. The Hall–Kier alpha value is -1.35. The molecular formula is C24H40IN5O. The van der Waals surface area contributed by atoms with Crippen LogP contribution in [0.15, 0.2) is 35.3 Å². The number of hydrogen-bond donors (Lipinski definition) is 2. The van der Waals surface area contributed by atoms with Crippen molar-refractivity contribution in [3.8, 4) is 0 Å².